The summed E-state index contributed by atoms with van der Waals surface area (Å²) < 4.78 is 44.7. The van der Waals surface area contributed by atoms with Gasteiger partial charge < -0.3 is 14.9 Å². The first kappa shape index (κ1) is 21.1. The van der Waals surface area contributed by atoms with Crippen molar-refractivity contribution in [2.75, 3.05) is 7.11 Å². The van der Waals surface area contributed by atoms with E-state index in [0.29, 0.717) is 5.75 Å². The molecule has 0 fully saturated rings. The molecule has 0 aliphatic heterocycles. The van der Waals surface area contributed by atoms with Crippen LogP contribution in [0.1, 0.15) is 5.56 Å². The quantitative estimate of drug-likeness (QED) is 0.448. The summed E-state index contributed by atoms with van der Waals surface area (Å²) >= 11 is 0. The fraction of sp³-hybridized carbons (Fsp3) is 0.0870. The Balaban J connectivity index is 1.94. The Kier molecular flexibility index (Phi) is 5.40. The molecule has 162 valence electrons. The zero-order chi connectivity index (χ0) is 22.9. The van der Waals surface area contributed by atoms with E-state index >= 15 is 0 Å². The molecule has 6 nitrogen and oxygen atoms in total. The zero-order valence-electron chi connectivity index (χ0n) is 16.6. The van der Waals surface area contributed by atoms with Gasteiger partial charge in [0.2, 0.25) is 0 Å². The van der Waals surface area contributed by atoms with Crippen molar-refractivity contribution in [3.8, 4) is 51.4 Å². The summed E-state index contributed by atoms with van der Waals surface area (Å²) in [5.41, 5.74) is -0.267. The van der Waals surface area contributed by atoms with E-state index in [1.54, 1.807) is 24.3 Å². The van der Waals surface area contributed by atoms with Crippen LogP contribution in [-0.4, -0.2) is 32.3 Å². The summed E-state index contributed by atoms with van der Waals surface area (Å²) in [4.78, 5) is 12.9. The minimum atomic E-state index is -4.54. The van der Waals surface area contributed by atoms with Crippen LogP contribution in [0, 0.1) is 0 Å². The SMILES string of the molecule is COc1ccc(-c2nc(-c3cccc(C(F)(F)F)c3)nc(-c3ccccc3O)n2)c(O)c1. The second-order valence-electron chi connectivity index (χ2n) is 6.79. The van der Waals surface area contributed by atoms with Gasteiger partial charge >= 0.3 is 6.18 Å². The minimum absolute atomic E-state index is 0.0193. The van der Waals surface area contributed by atoms with Crippen molar-refractivity contribution in [3.05, 3.63) is 72.3 Å². The van der Waals surface area contributed by atoms with Crippen molar-refractivity contribution in [1.82, 2.24) is 15.0 Å². The maximum absolute atomic E-state index is 13.2. The van der Waals surface area contributed by atoms with E-state index in [9.17, 15) is 23.4 Å². The van der Waals surface area contributed by atoms with Crippen molar-refractivity contribution in [3.63, 3.8) is 0 Å². The van der Waals surface area contributed by atoms with Gasteiger partial charge in [0.15, 0.2) is 17.5 Å². The van der Waals surface area contributed by atoms with Gasteiger partial charge in [-0.1, -0.05) is 24.3 Å². The Bertz CT molecular complexity index is 1290. The summed E-state index contributed by atoms with van der Waals surface area (Å²) in [5, 5.41) is 20.7. The average Bonchev–Trinajstić information content (AvgIpc) is 2.78. The van der Waals surface area contributed by atoms with Crippen LogP contribution in [0.25, 0.3) is 34.2 Å². The average molecular weight is 439 g/mol. The van der Waals surface area contributed by atoms with E-state index in [2.05, 4.69) is 15.0 Å². The monoisotopic (exact) mass is 439 g/mol. The molecule has 0 amide bonds. The highest BCUT2D eigenvalue weighted by Crippen LogP contribution is 2.35. The molecule has 2 N–H and O–H groups in total. The molecule has 0 unspecified atom stereocenters. The van der Waals surface area contributed by atoms with Crippen LogP contribution in [0.2, 0.25) is 0 Å². The molecule has 3 aromatic carbocycles. The topological polar surface area (TPSA) is 88.4 Å². The highest BCUT2D eigenvalue weighted by molar-refractivity contribution is 5.72. The highest BCUT2D eigenvalue weighted by atomic mass is 19.4. The number of benzene rings is 3. The molecule has 0 aliphatic rings. The fourth-order valence-electron chi connectivity index (χ4n) is 3.07. The Morgan fingerprint density at radius 2 is 1.38 bits per heavy atom. The number of nitrogens with zero attached hydrogens (tertiary/aromatic N) is 3. The van der Waals surface area contributed by atoms with Crippen molar-refractivity contribution < 1.29 is 28.1 Å². The van der Waals surface area contributed by atoms with Crippen LogP contribution in [0.4, 0.5) is 13.2 Å². The number of halogens is 3. The Morgan fingerprint density at radius 3 is 2.00 bits per heavy atom. The van der Waals surface area contributed by atoms with Crippen molar-refractivity contribution in [1.29, 1.82) is 0 Å². The third-order valence-corrected chi connectivity index (χ3v) is 4.67. The predicted octanol–water partition coefficient (Wildman–Crippen LogP) is 5.31. The van der Waals surface area contributed by atoms with Crippen LogP contribution in [0.3, 0.4) is 0 Å². The van der Waals surface area contributed by atoms with Gasteiger partial charge in [0.25, 0.3) is 0 Å². The first-order valence-electron chi connectivity index (χ1n) is 9.35. The van der Waals surface area contributed by atoms with Crippen molar-refractivity contribution in [2.24, 2.45) is 0 Å². The number of hydrogen-bond acceptors (Lipinski definition) is 6. The van der Waals surface area contributed by atoms with Crippen LogP contribution in [0.5, 0.6) is 17.2 Å². The van der Waals surface area contributed by atoms with Gasteiger partial charge in [0, 0.05) is 11.6 Å². The molecule has 0 saturated carbocycles. The summed E-state index contributed by atoms with van der Waals surface area (Å²) in [6.45, 7) is 0. The third-order valence-electron chi connectivity index (χ3n) is 4.67. The van der Waals surface area contributed by atoms with Crippen molar-refractivity contribution >= 4 is 0 Å². The van der Waals surface area contributed by atoms with Crippen LogP contribution in [0.15, 0.2) is 66.7 Å². The molecule has 0 saturated heterocycles. The van der Waals surface area contributed by atoms with Gasteiger partial charge in [-0.3, -0.25) is 0 Å². The van der Waals surface area contributed by atoms with Gasteiger partial charge in [-0.05, 0) is 36.4 Å². The molecule has 0 radical (unpaired) electrons. The lowest BCUT2D eigenvalue weighted by Gasteiger charge is -2.12. The largest absolute Gasteiger partial charge is 0.507 e. The molecule has 0 atom stereocenters. The molecule has 1 heterocycles. The first-order chi connectivity index (χ1) is 15.3. The van der Waals surface area contributed by atoms with Gasteiger partial charge in [-0.15, -0.1) is 0 Å². The normalized spacial score (nSPS) is 11.4. The summed E-state index contributed by atoms with van der Waals surface area (Å²) in [5.74, 6) is 0.114. The Hall–Kier alpha value is -4.14. The fourth-order valence-corrected chi connectivity index (χ4v) is 3.07. The van der Waals surface area contributed by atoms with Gasteiger partial charge in [0.1, 0.15) is 17.2 Å². The van der Waals surface area contributed by atoms with E-state index in [-0.39, 0.29) is 45.7 Å². The standard InChI is InChI=1S/C23H16F3N3O3/c1-32-15-9-10-17(19(31)12-15)22-28-20(13-5-4-6-14(11-13)23(24,25)26)27-21(29-22)16-7-2-3-8-18(16)30/h2-12,30-31H,1H3. The molecule has 4 rings (SSSR count). The second-order valence-corrected chi connectivity index (χ2v) is 6.79. The van der Waals surface area contributed by atoms with E-state index in [4.69, 9.17) is 4.74 Å². The molecule has 0 spiro atoms. The molecule has 32 heavy (non-hydrogen) atoms. The molecule has 9 heteroatoms. The van der Waals surface area contributed by atoms with Gasteiger partial charge in [-0.25, -0.2) is 15.0 Å². The highest BCUT2D eigenvalue weighted by Gasteiger charge is 2.30. The molecule has 0 bridgehead atoms. The predicted molar refractivity (Wildman–Crippen MR) is 111 cm³/mol. The Morgan fingerprint density at radius 1 is 0.719 bits per heavy atom. The van der Waals surface area contributed by atoms with E-state index in [1.807, 2.05) is 0 Å². The lowest BCUT2D eigenvalue weighted by Crippen LogP contribution is -2.05. The number of phenols is 2. The number of aromatic nitrogens is 3. The molecular weight excluding hydrogens is 423 g/mol. The first-order valence-corrected chi connectivity index (χ1v) is 9.35. The molecule has 4 aromatic rings. The summed E-state index contributed by atoms with van der Waals surface area (Å²) in [6, 6.07) is 15.3. The number of aromatic hydroxyl groups is 2. The second kappa shape index (κ2) is 8.18. The molecule has 1 aromatic heterocycles. The Labute approximate surface area is 180 Å². The lowest BCUT2D eigenvalue weighted by atomic mass is 10.1. The molecule has 0 aliphatic carbocycles. The van der Waals surface area contributed by atoms with Crippen molar-refractivity contribution in [2.45, 2.75) is 6.18 Å². The summed E-state index contributed by atoms with van der Waals surface area (Å²) in [7, 11) is 1.44. The maximum atomic E-state index is 13.2. The van der Waals surface area contributed by atoms with Crippen LogP contribution >= 0.6 is 0 Å². The van der Waals surface area contributed by atoms with E-state index in [1.165, 1.54) is 37.4 Å². The van der Waals surface area contributed by atoms with E-state index in [0.717, 1.165) is 12.1 Å². The number of hydrogen-bond donors (Lipinski definition) is 2. The molecular formula is C23H16F3N3O3. The van der Waals surface area contributed by atoms with Gasteiger partial charge in [-0.2, -0.15) is 13.2 Å². The number of ether oxygens (including phenoxy) is 1. The minimum Gasteiger partial charge on any atom is -0.507 e. The summed E-state index contributed by atoms with van der Waals surface area (Å²) in [6.07, 6.45) is -4.54. The van der Waals surface area contributed by atoms with E-state index < -0.39 is 11.7 Å². The van der Waals surface area contributed by atoms with Crippen LogP contribution < -0.4 is 4.74 Å². The number of phenolic OH excluding ortho intramolecular Hbond substituents is 2. The zero-order valence-corrected chi connectivity index (χ0v) is 16.6. The number of alkyl halides is 3. The third kappa shape index (κ3) is 4.18. The maximum Gasteiger partial charge on any atom is 0.416 e. The number of para-hydroxylation sites is 1. The smallest absolute Gasteiger partial charge is 0.416 e. The number of methoxy groups -OCH3 is 1. The lowest BCUT2D eigenvalue weighted by molar-refractivity contribution is -0.137. The van der Waals surface area contributed by atoms with Gasteiger partial charge in [0.05, 0.1) is 23.8 Å². The number of rotatable bonds is 4. The van der Waals surface area contributed by atoms with Crippen LogP contribution in [-0.2, 0) is 6.18 Å².